The molecule has 0 aromatic carbocycles. The van der Waals surface area contributed by atoms with Crippen molar-refractivity contribution in [2.45, 2.75) is 32.7 Å². The highest BCUT2D eigenvalue weighted by Crippen LogP contribution is 2.17. The minimum absolute atomic E-state index is 0.0618. The van der Waals surface area contributed by atoms with Gasteiger partial charge in [0.25, 0.3) is 0 Å². The first kappa shape index (κ1) is 15.3. The number of amides is 2. The first-order valence-corrected chi connectivity index (χ1v) is 8.27. The molecule has 1 aliphatic rings. The van der Waals surface area contributed by atoms with E-state index in [4.69, 9.17) is 4.74 Å². The van der Waals surface area contributed by atoms with Crippen LogP contribution in [0.5, 0.6) is 0 Å². The average molecular weight is 296 g/mol. The second kappa shape index (κ2) is 7.64. The maximum absolute atomic E-state index is 12.2. The van der Waals surface area contributed by atoms with Crippen molar-refractivity contribution in [3.63, 3.8) is 0 Å². The van der Waals surface area contributed by atoms with Gasteiger partial charge in [0.15, 0.2) is 0 Å². The summed E-state index contributed by atoms with van der Waals surface area (Å²) in [7, 11) is 0. The normalized spacial score (nSPS) is 20.1. The van der Waals surface area contributed by atoms with Crippen molar-refractivity contribution in [3.05, 3.63) is 22.4 Å². The van der Waals surface area contributed by atoms with Crippen molar-refractivity contribution in [2.24, 2.45) is 5.92 Å². The van der Waals surface area contributed by atoms with Crippen molar-refractivity contribution < 1.29 is 9.53 Å². The van der Waals surface area contributed by atoms with E-state index in [9.17, 15) is 4.79 Å². The Morgan fingerprint density at radius 3 is 3.20 bits per heavy atom. The summed E-state index contributed by atoms with van der Waals surface area (Å²) in [5.74, 6) is 0.493. The summed E-state index contributed by atoms with van der Waals surface area (Å²) in [6, 6.07) is 2.34. The van der Waals surface area contributed by atoms with Gasteiger partial charge in [-0.1, -0.05) is 0 Å². The van der Waals surface area contributed by atoms with Crippen LogP contribution in [0.3, 0.4) is 0 Å². The zero-order valence-corrected chi connectivity index (χ0v) is 13.1. The maximum atomic E-state index is 12.2. The van der Waals surface area contributed by atoms with Gasteiger partial charge in [-0.3, -0.25) is 0 Å². The molecule has 1 aliphatic heterocycles. The summed E-state index contributed by atoms with van der Waals surface area (Å²) in [6.45, 7) is 7.24. The van der Waals surface area contributed by atoms with Crippen molar-refractivity contribution in [1.29, 1.82) is 0 Å². The molecule has 1 saturated heterocycles. The number of rotatable bonds is 6. The van der Waals surface area contributed by atoms with E-state index in [0.717, 1.165) is 39.1 Å². The maximum Gasteiger partial charge on any atom is 0.317 e. The first-order chi connectivity index (χ1) is 9.69. The van der Waals surface area contributed by atoms with Crippen LogP contribution in [0.25, 0.3) is 0 Å². The van der Waals surface area contributed by atoms with Crippen LogP contribution >= 0.6 is 11.3 Å². The number of thiophene rings is 1. The molecular formula is C15H24N2O2S. The van der Waals surface area contributed by atoms with Crippen LogP contribution in [0, 0.1) is 5.92 Å². The Kier molecular flexibility index (Phi) is 5.86. The van der Waals surface area contributed by atoms with Crippen LogP contribution in [0.15, 0.2) is 16.8 Å². The van der Waals surface area contributed by atoms with E-state index in [0.29, 0.717) is 5.92 Å². The lowest BCUT2D eigenvalue weighted by molar-refractivity contribution is 0.113. The molecule has 2 rings (SSSR count). The standard InChI is InChI=1S/C15H24N2O2S/c1-3-19-10-14-4-6-17(9-14)15(18)16-12(2)8-13-5-7-20-11-13/h5,7,11-12,14H,3-4,6,8-10H2,1-2H3,(H,16,18). The largest absolute Gasteiger partial charge is 0.381 e. The molecule has 0 bridgehead atoms. The van der Waals surface area contributed by atoms with Gasteiger partial charge in [0.2, 0.25) is 0 Å². The minimum atomic E-state index is 0.0618. The van der Waals surface area contributed by atoms with E-state index < -0.39 is 0 Å². The quantitative estimate of drug-likeness (QED) is 0.877. The number of hydrogen-bond donors (Lipinski definition) is 1. The van der Waals surface area contributed by atoms with E-state index in [-0.39, 0.29) is 12.1 Å². The Morgan fingerprint density at radius 1 is 1.65 bits per heavy atom. The number of ether oxygens (including phenoxy) is 1. The smallest absolute Gasteiger partial charge is 0.317 e. The van der Waals surface area contributed by atoms with Crippen LogP contribution in [0.1, 0.15) is 25.8 Å². The summed E-state index contributed by atoms with van der Waals surface area (Å²) >= 11 is 1.70. The van der Waals surface area contributed by atoms with E-state index in [2.05, 4.69) is 29.1 Å². The van der Waals surface area contributed by atoms with Crippen molar-refractivity contribution >= 4 is 17.4 Å². The molecule has 2 unspecified atom stereocenters. The van der Waals surface area contributed by atoms with Crippen LogP contribution in [0.2, 0.25) is 0 Å². The molecule has 1 fully saturated rings. The summed E-state index contributed by atoms with van der Waals surface area (Å²) in [5, 5.41) is 7.30. The van der Waals surface area contributed by atoms with E-state index in [1.165, 1.54) is 5.56 Å². The third-order valence-electron chi connectivity index (χ3n) is 3.62. The number of carbonyl (C=O) groups is 1. The molecule has 0 aliphatic carbocycles. The molecule has 2 atom stereocenters. The van der Waals surface area contributed by atoms with Gasteiger partial charge in [0.05, 0.1) is 6.61 Å². The van der Waals surface area contributed by atoms with E-state index in [1.54, 1.807) is 11.3 Å². The lowest BCUT2D eigenvalue weighted by Gasteiger charge is -2.21. The zero-order chi connectivity index (χ0) is 14.4. The highest BCUT2D eigenvalue weighted by atomic mass is 32.1. The Bertz CT molecular complexity index is 408. The summed E-state index contributed by atoms with van der Waals surface area (Å²) in [6.07, 6.45) is 1.94. The monoisotopic (exact) mass is 296 g/mol. The molecule has 4 nitrogen and oxygen atoms in total. The van der Waals surface area contributed by atoms with E-state index in [1.807, 2.05) is 11.8 Å². The number of nitrogens with zero attached hydrogens (tertiary/aromatic N) is 1. The number of urea groups is 1. The van der Waals surface area contributed by atoms with E-state index >= 15 is 0 Å². The van der Waals surface area contributed by atoms with Crippen LogP contribution in [-0.2, 0) is 11.2 Å². The van der Waals surface area contributed by atoms with Gasteiger partial charge in [-0.25, -0.2) is 4.79 Å². The Labute approximate surface area is 125 Å². The number of likely N-dealkylation sites (tertiary alicyclic amines) is 1. The first-order valence-electron chi connectivity index (χ1n) is 7.33. The van der Waals surface area contributed by atoms with Crippen molar-refractivity contribution in [3.8, 4) is 0 Å². The molecule has 5 heteroatoms. The molecule has 0 spiro atoms. The van der Waals surface area contributed by atoms with Crippen LogP contribution < -0.4 is 5.32 Å². The lowest BCUT2D eigenvalue weighted by atomic mass is 10.1. The SMILES string of the molecule is CCOCC1CCN(C(=O)NC(C)Cc2ccsc2)C1. The third kappa shape index (κ3) is 4.49. The predicted octanol–water partition coefficient (Wildman–Crippen LogP) is 2.75. The van der Waals surface area contributed by atoms with Gasteiger partial charge in [-0.15, -0.1) is 0 Å². The van der Waals surface area contributed by atoms with Crippen molar-refractivity contribution in [1.82, 2.24) is 10.2 Å². The molecule has 1 N–H and O–H groups in total. The molecular weight excluding hydrogens is 272 g/mol. The molecule has 1 aromatic rings. The summed E-state index contributed by atoms with van der Waals surface area (Å²) < 4.78 is 5.44. The minimum Gasteiger partial charge on any atom is -0.381 e. The molecule has 2 heterocycles. The Hall–Kier alpha value is -1.07. The fourth-order valence-electron chi connectivity index (χ4n) is 2.55. The molecule has 1 aromatic heterocycles. The number of carbonyl (C=O) groups excluding carboxylic acids is 1. The zero-order valence-electron chi connectivity index (χ0n) is 12.3. The fourth-order valence-corrected chi connectivity index (χ4v) is 3.23. The second-order valence-corrected chi connectivity index (χ2v) is 6.23. The highest BCUT2D eigenvalue weighted by Gasteiger charge is 2.26. The van der Waals surface area contributed by atoms with Gasteiger partial charge in [0, 0.05) is 31.7 Å². The highest BCUT2D eigenvalue weighted by molar-refractivity contribution is 7.07. The van der Waals surface area contributed by atoms with Gasteiger partial charge < -0.3 is 15.0 Å². The number of hydrogen-bond acceptors (Lipinski definition) is 3. The third-order valence-corrected chi connectivity index (χ3v) is 4.35. The average Bonchev–Trinajstić information content (AvgIpc) is 3.07. The molecule has 0 saturated carbocycles. The van der Waals surface area contributed by atoms with Gasteiger partial charge >= 0.3 is 6.03 Å². The molecule has 112 valence electrons. The van der Waals surface area contributed by atoms with Crippen molar-refractivity contribution in [2.75, 3.05) is 26.3 Å². The molecule has 20 heavy (non-hydrogen) atoms. The second-order valence-electron chi connectivity index (χ2n) is 5.45. The van der Waals surface area contributed by atoms with Gasteiger partial charge in [0.1, 0.15) is 0 Å². The van der Waals surface area contributed by atoms with Gasteiger partial charge in [-0.05, 0) is 49.1 Å². The number of nitrogens with one attached hydrogen (secondary N) is 1. The Balaban J connectivity index is 1.72. The fraction of sp³-hybridized carbons (Fsp3) is 0.667. The Morgan fingerprint density at radius 2 is 2.50 bits per heavy atom. The van der Waals surface area contributed by atoms with Crippen LogP contribution in [-0.4, -0.2) is 43.3 Å². The predicted molar refractivity (Wildman–Crippen MR) is 82.2 cm³/mol. The van der Waals surface area contributed by atoms with Crippen LogP contribution in [0.4, 0.5) is 4.79 Å². The lowest BCUT2D eigenvalue weighted by Crippen LogP contribution is -2.43. The summed E-state index contributed by atoms with van der Waals surface area (Å²) in [4.78, 5) is 14.1. The summed E-state index contributed by atoms with van der Waals surface area (Å²) in [5.41, 5.74) is 1.29. The van der Waals surface area contributed by atoms with Gasteiger partial charge in [-0.2, -0.15) is 11.3 Å². The molecule has 2 amide bonds. The molecule has 0 radical (unpaired) electrons. The topological polar surface area (TPSA) is 41.6 Å².